The summed E-state index contributed by atoms with van der Waals surface area (Å²) in [7, 11) is 0. The summed E-state index contributed by atoms with van der Waals surface area (Å²) in [6.45, 7) is 1.82. The highest BCUT2D eigenvalue weighted by Gasteiger charge is 2.30. The first-order valence-electron chi connectivity index (χ1n) is 7.72. The van der Waals surface area contributed by atoms with E-state index in [2.05, 4.69) is 26.0 Å². The number of aromatic nitrogens is 2. The predicted octanol–water partition coefficient (Wildman–Crippen LogP) is 4.62. The van der Waals surface area contributed by atoms with Gasteiger partial charge in [0.1, 0.15) is 5.82 Å². The van der Waals surface area contributed by atoms with Crippen molar-refractivity contribution >= 4 is 33.0 Å². The Kier molecular flexibility index (Phi) is 4.95. The van der Waals surface area contributed by atoms with Crippen LogP contribution in [0.25, 0.3) is 10.9 Å². The Morgan fingerprint density at radius 3 is 2.69 bits per heavy atom. The SMILES string of the molecule is CCc1nc2ccc(Br)cc2c(=O)n1N=Cc1cccc(C(F)(F)F)c1. The number of alkyl halides is 3. The summed E-state index contributed by atoms with van der Waals surface area (Å²) < 4.78 is 40.3. The van der Waals surface area contributed by atoms with Crippen LogP contribution in [-0.4, -0.2) is 15.9 Å². The predicted molar refractivity (Wildman–Crippen MR) is 97.5 cm³/mol. The van der Waals surface area contributed by atoms with E-state index in [4.69, 9.17) is 0 Å². The summed E-state index contributed by atoms with van der Waals surface area (Å²) >= 11 is 3.31. The van der Waals surface area contributed by atoms with Gasteiger partial charge in [0.2, 0.25) is 0 Å². The van der Waals surface area contributed by atoms with Gasteiger partial charge in [0, 0.05) is 10.9 Å². The minimum atomic E-state index is -4.44. The molecule has 1 heterocycles. The van der Waals surface area contributed by atoms with Crippen molar-refractivity contribution in [3.8, 4) is 0 Å². The molecule has 0 bridgehead atoms. The summed E-state index contributed by atoms with van der Waals surface area (Å²) in [4.78, 5) is 17.1. The smallest absolute Gasteiger partial charge is 0.267 e. The third-order valence-corrected chi connectivity index (χ3v) is 4.22. The molecule has 0 atom stereocenters. The lowest BCUT2D eigenvalue weighted by Gasteiger charge is -2.08. The topological polar surface area (TPSA) is 47.2 Å². The van der Waals surface area contributed by atoms with Gasteiger partial charge in [-0.1, -0.05) is 35.0 Å². The van der Waals surface area contributed by atoms with Gasteiger partial charge in [0.25, 0.3) is 5.56 Å². The molecular formula is C18H13BrF3N3O. The molecule has 0 saturated heterocycles. The highest BCUT2D eigenvalue weighted by atomic mass is 79.9. The first kappa shape index (κ1) is 18.3. The third kappa shape index (κ3) is 3.70. The largest absolute Gasteiger partial charge is 0.416 e. The first-order chi connectivity index (χ1) is 12.3. The molecule has 3 rings (SSSR count). The van der Waals surface area contributed by atoms with E-state index in [-0.39, 0.29) is 11.1 Å². The van der Waals surface area contributed by atoms with Gasteiger partial charge >= 0.3 is 6.18 Å². The van der Waals surface area contributed by atoms with Gasteiger partial charge in [-0.2, -0.15) is 22.9 Å². The monoisotopic (exact) mass is 423 g/mol. The van der Waals surface area contributed by atoms with E-state index in [0.717, 1.165) is 21.3 Å². The summed E-state index contributed by atoms with van der Waals surface area (Å²) in [6, 6.07) is 9.89. The summed E-state index contributed by atoms with van der Waals surface area (Å²) in [5.41, 5.74) is -0.370. The van der Waals surface area contributed by atoms with Crippen molar-refractivity contribution in [3.63, 3.8) is 0 Å². The van der Waals surface area contributed by atoms with Gasteiger partial charge in [-0.15, -0.1) is 0 Å². The van der Waals surface area contributed by atoms with E-state index in [1.54, 1.807) is 18.2 Å². The lowest BCUT2D eigenvalue weighted by molar-refractivity contribution is -0.137. The minimum absolute atomic E-state index is 0.239. The molecule has 0 saturated carbocycles. The van der Waals surface area contributed by atoms with Gasteiger partial charge in [0.05, 0.1) is 22.7 Å². The van der Waals surface area contributed by atoms with Crippen LogP contribution in [0.4, 0.5) is 13.2 Å². The molecule has 4 nitrogen and oxygen atoms in total. The Bertz CT molecular complexity index is 1060. The summed E-state index contributed by atoms with van der Waals surface area (Å²) in [5.74, 6) is 0.424. The van der Waals surface area contributed by atoms with Crippen LogP contribution >= 0.6 is 15.9 Å². The zero-order chi connectivity index (χ0) is 18.9. The van der Waals surface area contributed by atoms with Gasteiger partial charge in [-0.05, 0) is 35.9 Å². The van der Waals surface area contributed by atoms with E-state index in [9.17, 15) is 18.0 Å². The Morgan fingerprint density at radius 2 is 2.00 bits per heavy atom. The fourth-order valence-electron chi connectivity index (χ4n) is 2.46. The lowest BCUT2D eigenvalue weighted by Crippen LogP contribution is -2.22. The fourth-order valence-corrected chi connectivity index (χ4v) is 2.82. The Hall–Kier alpha value is -2.48. The van der Waals surface area contributed by atoms with Crippen molar-refractivity contribution in [1.82, 2.24) is 9.66 Å². The van der Waals surface area contributed by atoms with Crippen LogP contribution in [-0.2, 0) is 12.6 Å². The molecular weight excluding hydrogens is 411 g/mol. The maximum atomic E-state index is 12.8. The molecule has 2 aromatic carbocycles. The second-order valence-corrected chi connectivity index (χ2v) is 6.44. The average molecular weight is 424 g/mol. The van der Waals surface area contributed by atoms with Crippen molar-refractivity contribution in [1.29, 1.82) is 0 Å². The van der Waals surface area contributed by atoms with Crippen molar-refractivity contribution < 1.29 is 13.2 Å². The molecule has 0 fully saturated rings. The normalized spacial score (nSPS) is 12.2. The number of halogens is 4. The van der Waals surface area contributed by atoms with E-state index in [1.807, 2.05) is 6.92 Å². The van der Waals surface area contributed by atoms with Crippen molar-refractivity contribution in [2.24, 2.45) is 5.10 Å². The molecule has 26 heavy (non-hydrogen) atoms. The molecule has 0 spiro atoms. The van der Waals surface area contributed by atoms with Gasteiger partial charge < -0.3 is 0 Å². The van der Waals surface area contributed by atoms with Crippen molar-refractivity contribution in [2.75, 3.05) is 0 Å². The van der Waals surface area contributed by atoms with Crippen LogP contribution in [0.2, 0.25) is 0 Å². The Morgan fingerprint density at radius 1 is 1.23 bits per heavy atom. The molecule has 0 aliphatic carbocycles. The standard InChI is InChI=1S/C18H13BrF3N3O/c1-2-16-24-15-7-6-13(19)9-14(15)17(26)25(16)23-10-11-4-3-5-12(8-11)18(20,21)22/h3-10H,2H2,1H3. The molecule has 1 aromatic heterocycles. The first-order valence-corrected chi connectivity index (χ1v) is 8.51. The zero-order valence-corrected chi connectivity index (χ0v) is 15.2. The lowest BCUT2D eigenvalue weighted by atomic mass is 10.1. The second-order valence-electron chi connectivity index (χ2n) is 5.53. The van der Waals surface area contributed by atoms with Crippen molar-refractivity contribution in [3.05, 3.63) is 74.2 Å². The molecule has 0 N–H and O–H groups in total. The quantitative estimate of drug-likeness (QED) is 0.576. The van der Waals surface area contributed by atoms with Crippen LogP contribution in [0.15, 0.2) is 56.8 Å². The number of benzene rings is 2. The van der Waals surface area contributed by atoms with Gasteiger partial charge in [-0.3, -0.25) is 4.79 Å². The molecule has 134 valence electrons. The van der Waals surface area contributed by atoms with E-state index in [1.165, 1.54) is 18.3 Å². The number of nitrogens with zero attached hydrogens (tertiary/aromatic N) is 3. The average Bonchev–Trinajstić information content (AvgIpc) is 2.60. The van der Waals surface area contributed by atoms with Crippen LogP contribution in [0.1, 0.15) is 23.9 Å². The molecule has 0 aliphatic heterocycles. The van der Waals surface area contributed by atoms with E-state index < -0.39 is 11.7 Å². The maximum absolute atomic E-state index is 12.8. The van der Waals surface area contributed by atoms with Crippen LogP contribution in [0, 0.1) is 0 Å². The minimum Gasteiger partial charge on any atom is -0.267 e. The Labute approximate surface area is 155 Å². The number of rotatable bonds is 3. The zero-order valence-electron chi connectivity index (χ0n) is 13.6. The van der Waals surface area contributed by atoms with Crippen LogP contribution < -0.4 is 5.56 Å². The van der Waals surface area contributed by atoms with Crippen molar-refractivity contribution in [2.45, 2.75) is 19.5 Å². The van der Waals surface area contributed by atoms with Crippen LogP contribution in [0.5, 0.6) is 0 Å². The molecule has 8 heteroatoms. The summed E-state index contributed by atoms with van der Waals surface area (Å²) in [5, 5.41) is 4.46. The number of hydrogen-bond donors (Lipinski definition) is 0. The number of hydrogen-bond acceptors (Lipinski definition) is 3. The van der Waals surface area contributed by atoms with E-state index >= 15 is 0 Å². The molecule has 0 amide bonds. The maximum Gasteiger partial charge on any atom is 0.416 e. The molecule has 0 unspecified atom stereocenters. The number of aryl methyl sites for hydroxylation is 1. The highest BCUT2D eigenvalue weighted by Crippen LogP contribution is 2.29. The third-order valence-electron chi connectivity index (χ3n) is 3.73. The summed E-state index contributed by atoms with van der Waals surface area (Å²) in [6.07, 6.45) is -2.77. The molecule has 0 aliphatic rings. The fraction of sp³-hybridized carbons (Fsp3) is 0.167. The van der Waals surface area contributed by atoms with Crippen LogP contribution in [0.3, 0.4) is 0 Å². The second kappa shape index (κ2) is 7.03. The molecule has 3 aromatic rings. The Balaban J connectivity index is 2.10. The van der Waals surface area contributed by atoms with Gasteiger partial charge in [-0.25, -0.2) is 4.98 Å². The molecule has 0 radical (unpaired) electrons. The van der Waals surface area contributed by atoms with E-state index in [0.29, 0.717) is 23.1 Å². The number of fused-ring (bicyclic) bond motifs is 1. The highest BCUT2D eigenvalue weighted by molar-refractivity contribution is 9.10. The van der Waals surface area contributed by atoms with Gasteiger partial charge in [0.15, 0.2) is 0 Å².